The van der Waals surface area contributed by atoms with Crippen LogP contribution in [0.3, 0.4) is 0 Å². The van der Waals surface area contributed by atoms with Crippen LogP contribution in [0.25, 0.3) is 22.3 Å². The molecule has 0 atom stereocenters. The van der Waals surface area contributed by atoms with Gasteiger partial charge >= 0.3 is 0 Å². The third-order valence-corrected chi connectivity index (χ3v) is 8.51. The Hall–Kier alpha value is -4.17. The fourth-order valence-electron chi connectivity index (χ4n) is 7.12. The molecule has 0 bridgehead atoms. The van der Waals surface area contributed by atoms with E-state index < -0.39 is 0 Å². The highest BCUT2D eigenvalue weighted by atomic mass is 15.2. The van der Waals surface area contributed by atoms with E-state index in [0.717, 1.165) is 31.5 Å². The number of pyridine rings is 1. The number of benzene rings is 4. The molecule has 4 aliphatic rings. The van der Waals surface area contributed by atoms with E-state index in [2.05, 4.69) is 83.8 Å². The number of hydrogen-bond acceptors (Lipinski definition) is 2. The minimum atomic E-state index is 0.956. The predicted molar refractivity (Wildman–Crippen MR) is 141 cm³/mol. The fourth-order valence-corrected chi connectivity index (χ4v) is 7.12. The number of hydrogen-bond donors (Lipinski definition) is 0. The van der Waals surface area contributed by atoms with E-state index in [4.69, 9.17) is 4.98 Å². The van der Waals surface area contributed by atoms with Gasteiger partial charge in [-0.2, -0.15) is 0 Å². The zero-order valence-corrected chi connectivity index (χ0v) is 19.3. The van der Waals surface area contributed by atoms with Crippen LogP contribution in [0, 0.1) is 0 Å². The highest BCUT2D eigenvalue weighted by Gasteiger charge is 2.37. The number of aromatic nitrogens is 1. The molecule has 0 amide bonds. The lowest BCUT2D eigenvalue weighted by molar-refractivity contribution is 0.978. The zero-order valence-electron chi connectivity index (χ0n) is 19.3. The fraction of sp³-hybridized carbons (Fsp3) is 0.121. The van der Waals surface area contributed by atoms with E-state index in [1.54, 1.807) is 0 Å². The summed E-state index contributed by atoms with van der Waals surface area (Å²) in [5.41, 5.74) is 20.0. The molecule has 9 rings (SSSR count). The first-order valence-corrected chi connectivity index (χ1v) is 12.6. The van der Waals surface area contributed by atoms with E-state index in [1.165, 1.54) is 78.1 Å². The van der Waals surface area contributed by atoms with Gasteiger partial charge in [-0.25, -0.2) is 4.98 Å². The summed E-state index contributed by atoms with van der Waals surface area (Å²) < 4.78 is 0. The quantitative estimate of drug-likeness (QED) is 0.240. The molecule has 2 aliphatic heterocycles. The summed E-state index contributed by atoms with van der Waals surface area (Å²) in [6.07, 6.45) is 5.96. The maximum absolute atomic E-state index is 4.88. The van der Waals surface area contributed by atoms with Crippen molar-refractivity contribution in [1.82, 2.24) is 4.98 Å². The van der Waals surface area contributed by atoms with Gasteiger partial charge < -0.3 is 0 Å². The van der Waals surface area contributed by atoms with Gasteiger partial charge in [0.25, 0.3) is 0 Å². The molecule has 2 nitrogen and oxygen atoms in total. The smallest absolute Gasteiger partial charge is 0.141 e. The van der Waals surface area contributed by atoms with Gasteiger partial charge in [0.2, 0.25) is 0 Å². The number of fused-ring (bicyclic) bond motifs is 11. The van der Waals surface area contributed by atoms with E-state index in [1.807, 2.05) is 6.20 Å². The van der Waals surface area contributed by atoms with Crippen molar-refractivity contribution in [2.45, 2.75) is 25.7 Å². The number of para-hydroxylation sites is 1. The molecule has 0 radical (unpaired) electrons. The van der Waals surface area contributed by atoms with Crippen molar-refractivity contribution < 1.29 is 0 Å². The molecule has 0 saturated heterocycles. The van der Waals surface area contributed by atoms with Crippen molar-refractivity contribution >= 4 is 17.2 Å². The van der Waals surface area contributed by atoms with Crippen molar-refractivity contribution in [2.75, 3.05) is 4.90 Å². The van der Waals surface area contributed by atoms with Crippen molar-refractivity contribution in [3.8, 4) is 22.3 Å². The van der Waals surface area contributed by atoms with Gasteiger partial charge in [0.05, 0.1) is 11.4 Å². The van der Waals surface area contributed by atoms with Crippen LogP contribution in [0.1, 0.15) is 44.5 Å². The maximum atomic E-state index is 4.88. The van der Waals surface area contributed by atoms with E-state index in [-0.39, 0.29) is 0 Å². The molecule has 5 aromatic rings. The molecular formula is C33H22N2. The van der Waals surface area contributed by atoms with Crippen molar-refractivity contribution in [3.63, 3.8) is 0 Å². The molecule has 4 aromatic carbocycles. The Morgan fingerprint density at radius 1 is 0.543 bits per heavy atom. The summed E-state index contributed by atoms with van der Waals surface area (Å²) in [5.74, 6) is 1.09. The monoisotopic (exact) mass is 446 g/mol. The Bertz CT molecular complexity index is 1750. The summed E-state index contributed by atoms with van der Waals surface area (Å²) in [7, 11) is 0. The molecule has 2 aliphatic carbocycles. The van der Waals surface area contributed by atoms with Crippen LogP contribution >= 0.6 is 0 Å². The summed E-state index contributed by atoms with van der Waals surface area (Å²) in [6, 6.07) is 29.6. The summed E-state index contributed by atoms with van der Waals surface area (Å²) >= 11 is 0. The summed E-state index contributed by atoms with van der Waals surface area (Å²) in [6.45, 7) is 0. The Kier molecular flexibility index (Phi) is 3.27. The third-order valence-electron chi connectivity index (χ3n) is 8.51. The minimum absolute atomic E-state index is 0.956. The first-order chi connectivity index (χ1) is 17.3. The second-order valence-corrected chi connectivity index (χ2v) is 10.4. The van der Waals surface area contributed by atoms with Gasteiger partial charge in [0.1, 0.15) is 5.82 Å². The predicted octanol–water partition coefficient (Wildman–Crippen LogP) is 7.50. The van der Waals surface area contributed by atoms with E-state index >= 15 is 0 Å². The van der Waals surface area contributed by atoms with Crippen LogP contribution in [-0.4, -0.2) is 4.98 Å². The van der Waals surface area contributed by atoms with Crippen LogP contribution in [0.2, 0.25) is 0 Å². The lowest BCUT2D eigenvalue weighted by atomic mass is 9.82. The highest BCUT2D eigenvalue weighted by Crippen LogP contribution is 2.55. The van der Waals surface area contributed by atoms with Crippen LogP contribution in [0.4, 0.5) is 17.2 Å². The van der Waals surface area contributed by atoms with Crippen LogP contribution in [0.15, 0.2) is 85.1 Å². The van der Waals surface area contributed by atoms with Crippen LogP contribution in [-0.2, 0) is 25.7 Å². The van der Waals surface area contributed by atoms with Gasteiger partial charge in [-0.3, -0.25) is 4.90 Å². The zero-order chi connectivity index (χ0) is 22.7. The second kappa shape index (κ2) is 6.28. The average molecular weight is 447 g/mol. The first kappa shape index (κ1) is 18.2. The van der Waals surface area contributed by atoms with Crippen molar-refractivity contribution in [3.05, 3.63) is 130 Å². The SMILES string of the molecule is c1ccc2c(c1)Cc1cc3c(cc1-2)-c1c(cc2c4c1Cc1ccccc1N4c1ncccc1C2)C3. The normalized spacial score (nSPS) is 14.9. The molecular weight excluding hydrogens is 424 g/mol. The second-order valence-electron chi connectivity index (χ2n) is 10.4. The molecule has 0 saturated carbocycles. The molecule has 0 fully saturated rings. The number of anilines is 3. The van der Waals surface area contributed by atoms with Crippen LogP contribution < -0.4 is 4.90 Å². The number of nitrogens with zero attached hydrogens (tertiary/aromatic N) is 2. The molecule has 2 heteroatoms. The standard InChI is InChI=1S/C33H22N2/c1-3-9-26-19(6-1)12-22-14-23-15-24-16-25-13-21-8-5-11-34-33(21)35-30-10-4-2-7-20(30)17-29(32(25)35)31(24)28(23)18-27(22)26/h1-11,14,16,18H,12-13,15,17H2. The molecule has 0 unspecified atom stereocenters. The third kappa shape index (κ3) is 2.27. The lowest BCUT2D eigenvalue weighted by Crippen LogP contribution is -2.26. The van der Waals surface area contributed by atoms with E-state index in [9.17, 15) is 0 Å². The topological polar surface area (TPSA) is 16.1 Å². The molecule has 0 N–H and O–H groups in total. The Morgan fingerprint density at radius 3 is 2.26 bits per heavy atom. The van der Waals surface area contributed by atoms with Crippen molar-refractivity contribution in [1.29, 1.82) is 0 Å². The largest absolute Gasteiger partial charge is 0.294 e. The summed E-state index contributed by atoms with van der Waals surface area (Å²) in [4.78, 5) is 7.33. The van der Waals surface area contributed by atoms with Gasteiger partial charge in [0, 0.05) is 19.0 Å². The minimum Gasteiger partial charge on any atom is -0.294 e. The molecule has 164 valence electrons. The Morgan fingerprint density at radius 2 is 1.29 bits per heavy atom. The van der Waals surface area contributed by atoms with Gasteiger partial charge in [-0.1, -0.05) is 60.7 Å². The number of rotatable bonds is 0. The summed E-state index contributed by atoms with van der Waals surface area (Å²) in [5, 5.41) is 0. The van der Waals surface area contributed by atoms with Crippen molar-refractivity contribution in [2.24, 2.45) is 0 Å². The van der Waals surface area contributed by atoms with Gasteiger partial charge in [-0.05, 0) is 97.8 Å². The van der Waals surface area contributed by atoms with E-state index in [0.29, 0.717) is 0 Å². The first-order valence-electron chi connectivity index (χ1n) is 12.6. The lowest BCUT2D eigenvalue weighted by Gasteiger charge is -2.39. The molecule has 1 aromatic heterocycles. The van der Waals surface area contributed by atoms with Gasteiger partial charge in [-0.15, -0.1) is 0 Å². The Balaban J connectivity index is 1.33. The Labute approximate surface area is 204 Å². The maximum Gasteiger partial charge on any atom is 0.141 e. The average Bonchev–Trinajstić information content (AvgIpc) is 3.44. The molecule has 3 heterocycles. The van der Waals surface area contributed by atoms with Crippen LogP contribution in [0.5, 0.6) is 0 Å². The molecule has 0 spiro atoms. The highest BCUT2D eigenvalue weighted by molar-refractivity contribution is 5.96. The molecule has 35 heavy (non-hydrogen) atoms. The van der Waals surface area contributed by atoms with Gasteiger partial charge in [0.15, 0.2) is 0 Å².